The number of carbonyl (C=O) groups is 3. The first-order valence-electron chi connectivity index (χ1n) is 10.8. The Labute approximate surface area is 204 Å². The van der Waals surface area contributed by atoms with Gasteiger partial charge in [-0.05, 0) is 59.2 Å². The van der Waals surface area contributed by atoms with Gasteiger partial charge in [0.2, 0.25) is 5.78 Å². The van der Waals surface area contributed by atoms with Gasteiger partial charge in [-0.2, -0.15) is 0 Å². The highest BCUT2D eigenvalue weighted by atomic mass is 16.6. The molecule has 186 valence electrons. The van der Waals surface area contributed by atoms with E-state index < -0.39 is 45.2 Å². The second-order valence-electron chi connectivity index (χ2n) is 9.86. The maximum absolute atomic E-state index is 12.9. The molecular formula is C26H30N2O7. The molecule has 0 bridgehead atoms. The predicted octanol–water partition coefficient (Wildman–Crippen LogP) is 5.71. The summed E-state index contributed by atoms with van der Waals surface area (Å²) in [6.45, 7) is 13.6. The van der Waals surface area contributed by atoms with Crippen LogP contribution in [0.25, 0.3) is 11.1 Å². The molecule has 0 radical (unpaired) electrons. The molecule has 0 aliphatic rings. The van der Waals surface area contributed by atoms with Gasteiger partial charge in [-0.1, -0.05) is 30.8 Å². The number of Topliss-reactive ketones (excluding diaryl/α,β-unsaturated/α-hetero) is 1. The van der Waals surface area contributed by atoms with Crippen LogP contribution in [0.15, 0.2) is 54.6 Å². The fraction of sp³-hybridized carbons (Fsp3) is 0.346. The highest BCUT2D eigenvalue weighted by Crippen LogP contribution is 2.35. The van der Waals surface area contributed by atoms with Gasteiger partial charge in [0.05, 0.1) is 10.6 Å². The van der Waals surface area contributed by atoms with E-state index >= 15 is 0 Å². The molecule has 0 aliphatic heterocycles. The molecule has 0 saturated heterocycles. The first-order valence-corrected chi connectivity index (χ1v) is 10.8. The molecule has 2 aromatic rings. The van der Waals surface area contributed by atoms with Crippen molar-refractivity contribution in [3.63, 3.8) is 0 Å². The number of hydrogen-bond donors (Lipinski definition) is 0. The monoisotopic (exact) mass is 482 g/mol. The average Bonchev–Trinajstić information content (AvgIpc) is 2.74. The summed E-state index contributed by atoms with van der Waals surface area (Å²) in [4.78, 5) is 50.2. The molecule has 9 nitrogen and oxygen atoms in total. The zero-order valence-electron chi connectivity index (χ0n) is 21.0. The Balaban J connectivity index is 2.50. The lowest BCUT2D eigenvalue weighted by atomic mass is 9.96. The Morgan fingerprint density at radius 3 is 2.06 bits per heavy atom. The number of hydrogen-bond acceptors (Lipinski definition) is 7. The third-order valence-corrected chi connectivity index (χ3v) is 4.60. The van der Waals surface area contributed by atoms with Crippen molar-refractivity contribution in [2.24, 2.45) is 0 Å². The van der Waals surface area contributed by atoms with Gasteiger partial charge in [-0.25, -0.2) is 9.59 Å². The Morgan fingerprint density at radius 1 is 0.943 bits per heavy atom. The molecule has 0 heterocycles. The fourth-order valence-electron chi connectivity index (χ4n) is 3.08. The second-order valence-corrected chi connectivity index (χ2v) is 9.86. The number of nitro benzene ring substituents is 1. The number of para-hydroxylation sites is 1. The Kier molecular flexibility index (Phi) is 7.85. The highest BCUT2D eigenvalue weighted by molar-refractivity contribution is 6.25. The maximum Gasteiger partial charge on any atom is 0.414 e. The summed E-state index contributed by atoms with van der Waals surface area (Å²) >= 11 is 0. The number of anilines is 1. The second kappa shape index (κ2) is 10.1. The van der Waals surface area contributed by atoms with Crippen molar-refractivity contribution in [2.75, 3.05) is 11.9 Å². The summed E-state index contributed by atoms with van der Waals surface area (Å²) < 4.78 is 10.6. The molecule has 0 atom stereocenters. The van der Waals surface area contributed by atoms with Gasteiger partial charge in [-0.15, -0.1) is 0 Å². The number of esters is 1. The fourth-order valence-corrected chi connectivity index (χ4v) is 3.08. The van der Waals surface area contributed by atoms with Crippen molar-refractivity contribution in [1.82, 2.24) is 0 Å². The molecule has 2 rings (SSSR count). The van der Waals surface area contributed by atoms with Crippen molar-refractivity contribution in [3.8, 4) is 11.1 Å². The smallest absolute Gasteiger partial charge is 0.414 e. The van der Waals surface area contributed by atoms with E-state index in [9.17, 15) is 24.5 Å². The lowest BCUT2D eigenvalue weighted by Gasteiger charge is -2.26. The zero-order valence-corrected chi connectivity index (χ0v) is 21.0. The van der Waals surface area contributed by atoms with Crippen LogP contribution < -0.4 is 4.90 Å². The van der Waals surface area contributed by atoms with Crippen LogP contribution in [0.5, 0.6) is 0 Å². The van der Waals surface area contributed by atoms with E-state index in [1.165, 1.54) is 30.1 Å². The summed E-state index contributed by atoms with van der Waals surface area (Å²) in [5, 5.41) is 11.8. The third-order valence-electron chi connectivity index (χ3n) is 4.60. The maximum atomic E-state index is 12.9. The first kappa shape index (κ1) is 27.2. The lowest BCUT2D eigenvalue weighted by molar-refractivity contribution is -0.385. The van der Waals surface area contributed by atoms with Crippen LogP contribution in [0, 0.1) is 10.1 Å². The molecule has 2 aromatic carbocycles. The molecule has 0 aliphatic carbocycles. The van der Waals surface area contributed by atoms with Crippen LogP contribution in [-0.2, 0) is 14.3 Å². The molecule has 0 aromatic heterocycles. The summed E-state index contributed by atoms with van der Waals surface area (Å²) in [7, 11) is 1.53. The number of nitro groups is 1. The highest BCUT2D eigenvalue weighted by Gasteiger charge is 2.29. The molecule has 0 unspecified atom stereocenters. The van der Waals surface area contributed by atoms with Crippen LogP contribution in [0.2, 0.25) is 0 Å². The first-order chi connectivity index (χ1) is 16.0. The number of ether oxygens (including phenoxy) is 2. The lowest BCUT2D eigenvalue weighted by Crippen LogP contribution is -2.34. The number of benzene rings is 2. The molecule has 0 fully saturated rings. The van der Waals surface area contributed by atoms with E-state index in [0.717, 1.165) is 0 Å². The van der Waals surface area contributed by atoms with E-state index in [4.69, 9.17) is 9.47 Å². The topological polar surface area (TPSA) is 116 Å². The predicted molar refractivity (Wildman–Crippen MR) is 132 cm³/mol. The van der Waals surface area contributed by atoms with Crippen LogP contribution in [0.1, 0.15) is 51.9 Å². The molecule has 0 N–H and O–H groups in total. The van der Waals surface area contributed by atoms with Crippen molar-refractivity contribution >= 4 is 29.2 Å². The minimum absolute atomic E-state index is 0.299. The van der Waals surface area contributed by atoms with E-state index in [-0.39, 0.29) is 5.56 Å². The summed E-state index contributed by atoms with van der Waals surface area (Å²) in [5.41, 5.74) is -1.54. The van der Waals surface area contributed by atoms with Crippen molar-refractivity contribution < 1.29 is 28.8 Å². The average molecular weight is 483 g/mol. The molecule has 1 amide bonds. The molecule has 0 saturated carbocycles. The summed E-state index contributed by atoms with van der Waals surface area (Å²) in [5.74, 6) is -1.86. The third kappa shape index (κ3) is 6.99. The Hall–Kier alpha value is -4.01. The van der Waals surface area contributed by atoms with Crippen LogP contribution >= 0.6 is 0 Å². The number of amides is 1. The number of rotatable bonds is 6. The standard InChI is InChI=1S/C26H30N2O7/c1-16(23(30)34-25(2,3)4)22(29)19-14-13-17(15-21(19)28(32)33)18-11-9-10-12-20(18)27(8)24(31)35-26(5,6)7/h9-15H,1H2,2-8H3. The molecule has 35 heavy (non-hydrogen) atoms. The van der Waals surface area contributed by atoms with Gasteiger partial charge < -0.3 is 9.47 Å². The van der Waals surface area contributed by atoms with Crippen molar-refractivity contribution in [2.45, 2.75) is 52.7 Å². The number of carbonyl (C=O) groups excluding carboxylic acids is 3. The Bertz CT molecular complexity index is 1190. The minimum Gasteiger partial charge on any atom is -0.456 e. The van der Waals surface area contributed by atoms with E-state index in [0.29, 0.717) is 16.8 Å². The number of nitrogens with zero attached hydrogens (tertiary/aromatic N) is 2. The van der Waals surface area contributed by atoms with Gasteiger partial charge in [-0.3, -0.25) is 19.8 Å². The van der Waals surface area contributed by atoms with Gasteiger partial charge in [0.25, 0.3) is 5.69 Å². The van der Waals surface area contributed by atoms with Gasteiger partial charge in [0, 0.05) is 18.7 Å². The summed E-state index contributed by atoms with van der Waals surface area (Å²) in [6, 6.07) is 10.8. The molecule has 9 heteroatoms. The largest absolute Gasteiger partial charge is 0.456 e. The quantitative estimate of drug-likeness (QED) is 0.0984. The van der Waals surface area contributed by atoms with Crippen LogP contribution in [0.3, 0.4) is 0 Å². The van der Waals surface area contributed by atoms with Gasteiger partial charge in [0.15, 0.2) is 0 Å². The summed E-state index contributed by atoms with van der Waals surface area (Å²) in [6.07, 6.45) is -0.597. The van der Waals surface area contributed by atoms with E-state index in [1.54, 1.807) is 65.8 Å². The van der Waals surface area contributed by atoms with E-state index in [1.807, 2.05) is 0 Å². The van der Waals surface area contributed by atoms with Gasteiger partial charge >= 0.3 is 12.1 Å². The Morgan fingerprint density at radius 2 is 1.51 bits per heavy atom. The van der Waals surface area contributed by atoms with E-state index in [2.05, 4.69) is 6.58 Å². The normalized spacial score (nSPS) is 11.4. The SMILES string of the molecule is C=C(C(=O)OC(C)(C)C)C(=O)c1ccc(-c2ccccc2N(C)C(=O)OC(C)(C)C)cc1[N+](=O)[O-]. The number of ketones is 1. The molecular weight excluding hydrogens is 452 g/mol. The van der Waals surface area contributed by atoms with Crippen molar-refractivity contribution in [3.05, 3.63) is 70.3 Å². The van der Waals surface area contributed by atoms with Crippen LogP contribution in [-0.4, -0.2) is 41.0 Å². The molecule has 0 spiro atoms. The zero-order chi connectivity index (χ0) is 26.7. The van der Waals surface area contributed by atoms with Crippen molar-refractivity contribution in [1.29, 1.82) is 0 Å². The van der Waals surface area contributed by atoms with Crippen LogP contribution in [0.4, 0.5) is 16.2 Å². The van der Waals surface area contributed by atoms with Gasteiger partial charge in [0.1, 0.15) is 22.3 Å². The minimum atomic E-state index is -0.954.